The predicted octanol–water partition coefficient (Wildman–Crippen LogP) is 3.14. The van der Waals surface area contributed by atoms with E-state index < -0.39 is 0 Å². The van der Waals surface area contributed by atoms with Gasteiger partial charge in [0, 0.05) is 12.6 Å². The minimum absolute atomic E-state index is 0.165. The Morgan fingerprint density at radius 3 is 2.65 bits per heavy atom. The largest absolute Gasteiger partial charge is 0.497 e. The van der Waals surface area contributed by atoms with Crippen LogP contribution in [0.1, 0.15) is 20.3 Å². The van der Waals surface area contributed by atoms with Crippen molar-refractivity contribution in [1.29, 1.82) is 0 Å². The summed E-state index contributed by atoms with van der Waals surface area (Å²) in [5.74, 6) is 0.766. The summed E-state index contributed by atoms with van der Waals surface area (Å²) in [7, 11) is 1.63. The molecule has 0 aliphatic rings. The zero-order chi connectivity index (χ0) is 12.9. The van der Waals surface area contributed by atoms with E-state index in [9.17, 15) is 0 Å². The second-order valence-electron chi connectivity index (χ2n) is 4.90. The summed E-state index contributed by atoms with van der Waals surface area (Å²) in [6.45, 7) is 5.91. The first kappa shape index (κ1) is 14.1. The molecular weight excluding hydrogens is 236 g/mol. The molecule has 96 valence electrons. The number of nitrogens with one attached hydrogen (secondary N) is 1. The van der Waals surface area contributed by atoms with E-state index in [2.05, 4.69) is 19.2 Å². The number of hydrogen-bond donors (Lipinski definition) is 2. The summed E-state index contributed by atoms with van der Waals surface area (Å²) in [5, 5.41) is 4.02. The molecule has 0 heterocycles. The Kier molecular flexibility index (Phi) is 5.09. The fourth-order valence-corrected chi connectivity index (χ4v) is 1.82. The van der Waals surface area contributed by atoms with Crippen LogP contribution in [0, 0.1) is 5.41 Å². The molecular formula is C13H21ClN2O. The van der Waals surface area contributed by atoms with E-state index in [1.807, 2.05) is 12.1 Å². The number of methoxy groups -OCH3 is 1. The standard InChI is InChI=1S/C13H21ClN2O/c1-13(2,6-7-15)9-16-12-5-4-10(17-3)8-11(12)14/h4-5,8,16H,6-7,9,15H2,1-3H3. The van der Waals surface area contributed by atoms with E-state index in [0.29, 0.717) is 11.6 Å². The van der Waals surface area contributed by atoms with Crippen LogP contribution < -0.4 is 15.8 Å². The number of hydrogen-bond acceptors (Lipinski definition) is 3. The lowest BCUT2D eigenvalue weighted by atomic mass is 9.89. The highest BCUT2D eigenvalue weighted by Crippen LogP contribution is 2.28. The van der Waals surface area contributed by atoms with Crippen molar-refractivity contribution in [2.75, 3.05) is 25.5 Å². The number of halogens is 1. The third-order valence-electron chi connectivity index (χ3n) is 2.75. The van der Waals surface area contributed by atoms with E-state index in [1.165, 1.54) is 0 Å². The lowest BCUT2D eigenvalue weighted by Gasteiger charge is -2.25. The Labute approximate surface area is 108 Å². The molecule has 0 bridgehead atoms. The van der Waals surface area contributed by atoms with Gasteiger partial charge in [0.1, 0.15) is 5.75 Å². The average Bonchev–Trinajstić information content (AvgIpc) is 2.27. The number of nitrogens with two attached hydrogens (primary N) is 1. The van der Waals surface area contributed by atoms with Crippen molar-refractivity contribution in [2.24, 2.45) is 11.1 Å². The summed E-state index contributed by atoms with van der Waals surface area (Å²) in [4.78, 5) is 0. The Hall–Kier alpha value is -0.930. The van der Waals surface area contributed by atoms with Crippen molar-refractivity contribution < 1.29 is 4.74 Å². The first-order valence-corrected chi connectivity index (χ1v) is 6.14. The fraction of sp³-hybridized carbons (Fsp3) is 0.538. The van der Waals surface area contributed by atoms with Gasteiger partial charge in [0.25, 0.3) is 0 Å². The third kappa shape index (κ3) is 4.44. The maximum atomic E-state index is 6.15. The minimum atomic E-state index is 0.165. The SMILES string of the molecule is COc1ccc(NCC(C)(C)CCN)c(Cl)c1. The van der Waals surface area contributed by atoms with Gasteiger partial charge in [-0.1, -0.05) is 25.4 Å². The molecule has 0 atom stereocenters. The van der Waals surface area contributed by atoms with Gasteiger partial charge < -0.3 is 15.8 Å². The Morgan fingerprint density at radius 2 is 2.12 bits per heavy atom. The van der Waals surface area contributed by atoms with Crippen LogP contribution in [0.2, 0.25) is 5.02 Å². The number of rotatable bonds is 6. The molecule has 0 aromatic heterocycles. The molecule has 1 aromatic rings. The van der Waals surface area contributed by atoms with Gasteiger partial charge in [-0.15, -0.1) is 0 Å². The van der Waals surface area contributed by atoms with Crippen molar-refractivity contribution in [1.82, 2.24) is 0 Å². The Balaban J connectivity index is 2.63. The van der Waals surface area contributed by atoms with Gasteiger partial charge in [-0.05, 0) is 30.5 Å². The zero-order valence-corrected chi connectivity index (χ0v) is 11.5. The summed E-state index contributed by atoms with van der Waals surface area (Å²) < 4.78 is 5.11. The van der Waals surface area contributed by atoms with Crippen LogP contribution in [0.25, 0.3) is 0 Å². The van der Waals surface area contributed by atoms with Crippen LogP contribution in [-0.2, 0) is 0 Å². The lowest BCUT2D eigenvalue weighted by Crippen LogP contribution is -2.26. The molecule has 4 heteroatoms. The highest BCUT2D eigenvalue weighted by atomic mass is 35.5. The molecule has 0 spiro atoms. The predicted molar refractivity (Wildman–Crippen MR) is 73.9 cm³/mol. The number of benzene rings is 1. The fourth-order valence-electron chi connectivity index (χ4n) is 1.58. The Bertz CT molecular complexity index is 366. The molecule has 17 heavy (non-hydrogen) atoms. The van der Waals surface area contributed by atoms with Gasteiger partial charge in [-0.3, -0.25) is 0 Å². The van der Waals surface area contributed by atoms with Crippen LogP contribution >= 0.6 is 11.6 Å². The highest BCUT2D eigenvalue weighted by Gasteiger charge is 2.16. The van der Waals surface area contributed by atoms with Crippen LogP contribution in [-0.4, -0.2) is 20.2 Å². The molecule has 0 unspecified atom stereocenters. The quantitative estimate of drug-likeness (QED) is 0.822. The maximum Gasteiger partial charge on any atom is 0.120 e. The number of ether oxygens (including phenoxy) is 1. The third-order valence-corrected chi connectivity index (χ3v) is 3.07. The van der Waals surface area contributed by atoms with E-state index in [-0.39, 0.29) is 5.41 Å². The van der Waals surface area contributed by atoms with Crippen molar-refractivity contribution in [3.05, 3.63) is 23.2 Å². The van der Waals surface area contributed by atoms with Crippen molar-refractivity contribution in [3.8, 4) is 5.75 Å². The average molecular weight is 257 g/mol. The first-order chi connectivity index (χ1) is 7.98. The van der Waals surface area contributed by atoms with Crippen LogP contribution in [0.4, 0.5) is 5.69 Å². The van der Waals surface area contributed by atoms with E-state index in [0.717, 1.165) is 24.4 Å². The molecule has 1 rings (SSSR count). The normalized spacial score (nSPS) is 11.4. The molecule has 0 saturated heterocycles. The van der Waals surface area contributed by atoms with Gasteiger partial charge in [0.2, 0.25) is 0 Å². The second kappa shape index (κ2) is 6.12. The van der Waals surface area contributed by atoms with Crippen molar-refractivity contribution in [3.63, 3.8) is 0 Å². The molecule has 0 aliphatic carbocycles. The zero-order valence-electron chi connectivity index (χ0n) is 10.7. The molecule has 0 saturated carbocycles. The summed E-state index contributed by atoms with van der Waals surface area (Å²) in [6.07, 6.45) is 0.980. The molecule has 3 nitrogen and oxygen atoms in total. The van der Waals surface area contributed by atoms with Crippen molar-refractivity contribution >= 4 is 17.3 Å². The summed E-state index contributed by atoms with van der Waals surface area (Å²) in [6, 6.07) is 5.63. The highest BCUT2D eigenvalue weighted by molar-refractivity contribution is 6.33. The van der Waals surface area contributed by atoms with Crippen molar-refractivity contribution in [2.45, 2.75) is 20.3 Å². The first-order valence-electron chi connectivity index (χ1n) is 5.76. The topological polar surface area (TPSA) is 47.3 Å². The second-order valence-corrected chi connectivity index (χ2v) is 5.31. The minimum Gasteiger partial charge on any atom is -0.497 e. The number of anilines is 1. The van der Waals surface area contributed by atoms with Gasteiger partial charge in [-0.2, -0.15) is 0 Å². The smallest absolute Gasteiger partial charge is 0.120 e. The van der Waals surface area contributed by atoms with Crippen LogP contribution in [0.5, 0.6) is 5.75 Å². The van der Waals surface area contributed by atoms with Gasteiger partial charge in [0.15, 0.2) is 0 Å². The molecule has 0 radical (unpaired) electrons. The molecule has 0 fully saturated rings. The monoisotopic (exact) mass is 256 g/mol. The summed E-state index contributed by atoms with van der Waals surface area (Å²) in [5.41, 5.74) is 6.67. The van der Waals surface area contributed by atoms with Gasteiger partial charge >= 0.3 is 0 Å². The van der Waals surface area contributed by atoms with E-state index in [1.54, 1.807) is 13.2 Å². The van der Waals surface area contributed by atoms with Gasteiger partial charge in [0.05, 0.1) is 17.8 Å². The van der Waals surface area contributed by atoms with Gasteiger partial charge in [-0.25, -0.2) is 0 Å². The van der Waals surface area contributed by atoms with E-state index in [4.69, 9.17) is 22.1 Å². The Morgan fingerprint density at radius 1 is 1.41 bits per heavy atom. The molecule has 3 N–H and O–H groups in total. The molecule has 0 amide bonds. The lowest BCUT2D eigenvalue weighted by molar-refractivity contribution is 0.365. The maximum absolute atomic E-state index is 6.15. The summed E-state index contributed by atoms with van der Waals surface area (Å²) >= 11 is 6.15. The van der Waals surface area contributed by atoms with Crippen LogP contribution in [0.15, 0.2) is 18.2 Å². The van der Waals surface area contributed by atoms with Crippen LogP contribution in [0.3, 0.4) is 0 Å². The molecule has 1 aromatic carbocycles. The molecule has 0 aliphatic heterocycles. The van der Waals surface area contributed by atoms with E-state index >= 15 is 0 Å².